The maximum absolute atomic E-state index is 12.0. The van der Waals surface area contributed by atoms with Crippen molar-refractivity contribution >= 4 is 32.5 Å². The Kier molecular flexibility index (Phi) is 4.76. The predicted molar refractivity (Wildman–Crippen MR) is 93.7 cm³/mol. The second-order valence-electron chi connectivity index (χ2n) is 5.44. The first kappa shape index (κ1) is 17.7. The average molecular weight is 376 g/mol. The molecule has 10 heteroatoms. The number of fused-ring (bicyclic) bond motifs is 1. The Bertz CT molecular complexity index is 1060. The molecule has 0 aliphatic rings. The molecule has 0 saturated heterocycles. The highest BCUT2D eigenvalue weighted by Gasteiger charge is 2.13. The van der Waals surface area contributed by atoms with Crippen LogP contribution in [-0.4, -0.2) is 49.5 Å². The van der Waals surface area contributed by atoms with Crippen LogP contribution < -0.4 is 14.9 Å². The number of carbonyl (C=O) groups is 1. The minimum Gasteiger partial charge on any atom is -0.497 e. The van der Waals surface area contributed by atoms with E-state index in [-0.39, 0.29) is 11.5 Å². The summed E-state index contributed by atoms with van der Waals surface area (Å²) in [5, 5.41) is 10.3. The number of sulfone groups is 1. The lowest BCUT2D eigenvalue weighted by molar-refractivity contribution is -0.121. The van der Waals surface area contributed by atoms with E-state index in [0.717, 1.165) is 11.1 Å². The van der Waals surface area contributed by atoms with Gasteiger partial charge in [-0.25, -0.2) is 8.42 Å². The summed E-state index contributed by atoms with van der Waals surface area (Å²) in [5.41, 5.74) is 1.36. The van der Waals surface area contributed by atoms with Gasteiger partial charge < -0.3 is 14.9 Å². The number of aromatic nitrogens is 3. The standard InChI is InChI=1S/C16H16N4O5S/c1-24-12-5-3-4-11(8-12)17-16(21)10-25-20-15-9-13(26(2,22)23)6-7-14(15)18-19-20/h3-9H,10H2,1-2H3,(H,17,21). The van der Waals surface area contributed by atoms with Crippen molar-refractivity contribution in [3.63, 3.8) is 0 Å². The molecule has 1 aromatic heterocycles. The average Bonchev–Trinajstić information content (AvgIpc) is 3.01. The smallest absolute Gasteiger partial charge is 0.265 e. The van der Waals surface area contributed by atoms with E-state index in [1.807, 2.05) is 0 Å². The summed E-state index contributed by atoms with van der Waals surface area (Å²) >= 11 is 0. The highest BCUT2D eigenvalue weighted by atomic mass is 32.2. The monoisotopic (exact) mass is 376 g/mol. The summed E-state index contributed by atoms with van der Waals surface area (Å²) in [7, 11) is -1.85. The lowest BCUT2D eigenvalue weighted by Crippen LogP contribution is -2.26. The van der Waals surface area contributed by atoms with E-state index in [0.29, 0.717) is 22.5 Å². The summed E-state index contributed by atoms with van der Waals surface area (Å²) < 4.78 is 28.4. The summed E-state index contributed by atoms with van der Waals surface area (Å²) in [6, 6.07) is 11.2. The number of methoxy groups -OCH3 is 1. The Labute approximate surface area is 149 Å². The van der Waals surface area contributed by atoms with Crippen LogP contribution in [0.5, 0.6) is 5.75 Å². The van der Waals surface area contributed by atoms with Gasteiger partial charge in [-0.05, 0) is 35.5 Å². The first-order chi connectivity index (χ1) is 12.4. The van der Waals surface area contributed by atoms with Crippen molar-refractivity contribution in [3.05, 3.63) is 42.5 Å². The zero-order valence-electron chi connectivity index (χ0n) is 14.0. The first-order valence-electron chi connectivity index (χ1n) is 7.49. The van der Waals surface area contributed by atoms with Crippen LogP contribution in [0.15, 0.2) is 47.4 Å². The van der Waals surface area contributed by atoms with Gasteiger partial charge in [-0.1, -0.05) is 10.9 Å². The molecule has 0 saturated carbocycles. The van der Waals surface area contributed by atoms with Crippen molar-refractivity contribution < 1.29 is 22.8 Å². The number of carbonyl (C=O) groups excluding carboxylic acids is 1. The molecule has 1 heterocycles. The summed E-state index contributed by atoms with van der Waals surface area (Å²) in [4.78, 5) is 18.5. The quantitative estimate of drug-likeness (QED) is 0.680. The van der Waals surface area contributed by atoms with Gasteiger partial charge in [0.25, 0.3) is 5.91 Å². The van der Waals surface area contributed by atoms with Crippen LogP contribution in [0.2, 0.25) is 0 Å². The van der Waals surface area contributed by atoms with Crippen molar-refractivity contribution in [2.75, 3.05) is 25.3 Å². The topological polar surface area (TPSA) is 112 Å². The second kappa shape index (κ2) is 7.00. The molecule has 3 aromatic rings. The SMILES string of the molecule is COc1cccc(NC(=O)COn2nnc3ccc(S(C)(=O)=O)cc32)c1. The molecule has 9 nitrogen and oxygen atoms in total. The Morgan fingerprint density at radius 2 is 2.04 bits per heavy atom. The van der Waals surface area contributed by atoms with Crippen LogP contribution in [0, 0.1) is 0 Å². The third-order valence-corrected chi connectivity index (χ3v) is 4.60. The number of hydrogen-bond acceptors (Lipinski definition) is 7. The molecule has 0 fully saturated rings. The zero-order valence-corrected chi connectivity index (χ0v) is 14.9. The molecule has 26 heavy (non-hydrogen) atoms. The lowest BCUT2D eigenvalue weighted by Gasteiger charge is -2.08. The number of anilines is 1. The van der Waals surface area contributed by atoms with Crippen molar-refractivity contribution in [3.8, 4) is 5.75 Å². The molecule has 0 unspecified atom stereocenters. The van der Waals surface area contributed by atoms with Gasteiger partial charge >= 0.3 is 0 Å². The molecule has 0 aliphatic heterocycles. The largest absolute Gasteiger partial charge is 0.497 e. The second-order valence-corrected chi connectivity index (χ2v) is 7.45. The molecular weight excluding hydrogens is 360 g/mol. The van der Waals surface area contributed by atoms with Crippen LogP contribution in [0.4, 0.5) is 5.69 Å². The van der Waals surface area contributed by atoms with E-state index in [1.54, 1.807) is 24.3 Å². The summed E-state index contributed by atoms with van der Waals surface area (Å²) in [6.45, 7) is -0.335. The third kappa shape index (κ3) is 3.91. The van der Waals surface area contributed by atoms with Gasteiger partial charge in [0.05, 0.1) is 12.0 Å². The third-order valence-electron chi connectivity index (χ3n) is 3.49. The number of nitrogens with one attached hydrogen (secondary N) is 1. The summed E-state index contributed by atoms with van der Waals surface area (Å²) in [5.74, 6) is 0.195. The molecule has 0 aliphatic carbocycles. The van der Waals surface area contributed by atoms with Gasteiger partial charge in [0.2, 0.25) is 0 Å². The van der Waals surface area contributed by atoms with Gasteiger partial charge in [-0.2, -0.15) is 0 Å². The van der Waals surface area contributed by atoms with Crippen molar-refractivity contribution in [2.24, 2.45) is 0 Å². The Balaban J connectivity index is 1.72. The van der Waals surface area contributed by atoms with Crippen LogP contribution in [0.1, 0.15) is 0 Å². The molecule has 2 aromatic carbocycles. The number of nitrogens with zero attached hydrogens (tertiary/aromatic N) is 3. The number of ether oxygens (including phenoxy) is 1. The van der Waals surface area contributed by atoms with E-state index in [2.05, 4.69) is 15.6 Å². The van der Waals surface area contributed by atoms with E-state index in [9.17, 15) is 13.2 Å². The maximum atomic E-state index is 12.0. The van der Waals surface area contributed by atoms with Crippen LogP contribution in [0.3, 0.4) is 0 Å². The molecule has 0 atom stereocenters. The number of hydrogen-bond donors (Lipinski definition) is 1. The zero-order chi connectivity index (χ0) is 18.7. The number of amides is 1. The maximum Gasteiger partial charge on any atom is 0.265 e. The van der Waals surface area contributed by atoms with Gasteiger partial charge in [-0.3, -0.25) is 4.79 Å². The number of rotatable bonds is 6. The van der Waals surface area contributed by atoms with E-state index >= 15 is 0 Å². The normalized spacial score (nSPS) is 11.3. The van der Waals surface area contributed by atoms with Crippen molar-refractivity contribution in [2.45, 2.75) is 4.90 Å². The fourth-order valence-corrected chi connectivity index (χ4v) is 2.86. The van der Waals surface area contributed by atoms with Gasteiger partial charge in [0.1, 0.15) is 16.8 Å². The Morgan fingerprint density at radius 1 is 1.23 bits per heavy atom. The molecule has 0 bridgehead atoms. The highest BCUT2D eigenvalue weighted by Crippen LogP contribution is 2.17. The Hall–Kier alpha value is -3.14. The van der Waals surface area contributed by atoms with Crippen LogP contribution in [0.25, 0.3) is 11.0 Å². The van der Waals surface area contributed by atoms with Crippen LogP contribution in [-0.2, 0) is 14.6 Å². The van der Waals surface area contributed by atoms with Crippen LogP contribution >= 0.6 is 0 Å². The van der Waals surface area contributed by atoms with Gasteiger partial charge in [0.15, 0.2) is 16.4 Å². The van der Waals surface area contributed by atoms with E-state index in [4.69, 9.17) is 9.57 Å². The van der Waals surface area contributed by atoms with E-state index < -0.39 is 15.7 Å². The molecule has 1 N–H and O–H groups in total. The Morgan fingerprint density at radius 3 is 2.77 bits per heavy atom. The number of benzene rings is 2. The van der Waals surface area contributed by atoms with Gasteiger partial charge in [0, 0.05) is 18.0 Å². The summed E-state index contributed by atoms with van der Waals surface area (Å²) in [6.07, 6.45) is 1.10. The first-order valence-corrected chi connectivity index (χ1v) is 9.39. The molecule has 3 rings (SSSR count). The molecule has 136 valence electrons. The minimum absolute atomic E-state index is 0.109. The van der Waals surface area contributed by atoms with Crippen molar-refractivity contribution in [1.82, 2.24) is 15.2 Å². The van der Waals surface area contributed by atoms with Gasteiger partial charge in [-0.15, -0.1) is 5.10 Å². The minimum atomic E-state index is -3.38. The highest BCUT2D eigenvalue weighted by molar-refractivity contribution is 7.90. The predicted octanol–water partition coefficient (Wildman–Crippen LogP) is 0.911. The molecule has 0 radical (unpaired) electrons. The van der Waals surface area contributed by atoms with E-state index in [1.165, 1.54) is 25.3 Å². The fourth-order valence-electron chi connectivity index (χ4n) is 2.22. The molecule has 0 spiro atoms. The lowest BCUT2D eigenvalue weighted by atomic mass is 10.3. The van der Waals surface area contributed by atoms with Crippen molar-refractivity contribution in [1.29, 1.82) is 0 Å². The fraction of sp³-hybridized carbons (Fsp3) is 0.188. The molecule has 1 amide bonds. The molecular formula is C16H16N4O5S.